The van der Waals surface area contributed by atoms with Crippen molar-refractivity contribution in [1.29, 1.82) is 0 Å². The molecule has 0 amide bonds. The smallest absolute Gasteiger partial charge is 0.303 e. The van der Waals surface area contributed by atoms with Crippen LogP contribution in [0.5, 0.6) is 0 Å². The minimum atomic E-state index is -1.75. The van der Waals surface area contributed by atoms with Crippen molar-refractivity contribution in [2.24, 2.45) is 0 Å². The van der Waals surface area contributed by atoms with Gasteiger partial charge in [0.1, 0.15) is 31.5 Å². The highest BCUT2D eigenvalue weighted by Crippen LogP contribution is 2.34. The maximum absolute atomic E-state index is 12.3. The Kier molecular flexibility index (Phi) is 16.2. The van der Waals surface area contributed by atoms with E-state index in [2.05, 4.69) is 0 Å². The van der Waals surface area contributed by atoms with Gasteiger partial charge in [-0.05, 0) is 5.56 Å². The zero-order chi connectivity index (χ0) is 37.7. The Bertz CT molecular complexity index is 1340. The van der Waals surface area contributed by atoms with Crippen LogP contribution in [0, 0.1) is 0 Å². The highest BCUT2D eigenvalue weighted by molar-refractivity contribution is 5.69. The molecule has 0 radical (unpaired) electrons. The highest BCUT2D eigenvalue weighted by Gasteiger charge is 2.56. The van der Waals surface area contributed by atoms with Gasteiger partial charge in [0.15, 0.2) is 43.1 Å². The summed E-state index contributed by atoms with van der Waals surface area (Å²) in [6, 6.07) is 9.30. The quantitative estimate of drug-likeness (QED) is 0.137. The molecule has 2 aliphatic rings. The molecule has 1 aromatic carbocycles. The highest BCUT2D eigenvalue weighted by atomic mass is 16.8. The first-order valence-electron chi connectivity index (χ1n) is 16.0. The molecule has 18 heteroatoms. The summed E-state index contributed by atoms with van der Waals surface area (Å²) in [5.41, 5.74) is 0.899. The maximum Gasteiger partial charge on any atom is 0.303 e. The Labute approximate surface area is 293 Å². The second-order valence-corrected chi connectivity index (χ2v) is 11.5. The summed E-state index contributed by atoms with van der Waals surface area (Å²) in [6.07, 6.45) is -15.5. The summed E-state index contributed by atoms with van der Waals surface area (Å²) in [7, 11) is 0. The number of ether oxygens (including phenoxy) is 11. The maximum atomic E-state index is 12.3. The van der Waals surface area contributed by atoms with Crippen LogP contribution in [0.15, 0.2) is 30.3 Å². The minimum absolute atomic E-state index is 0.0376. The van der Waals surface area contributed by atoms with E-state index >= 15 is 0 Å². The minimum Gasteiger partial charge on any atom is -0.463 e. The summed E-state index contributed by atoms with van der Waals surface area (Å²) in [4.78, 5) is 72.4. The molecule has 1 aromatic rings. The molecule has 0 spiro atoms. The lowest BCUT2D eigenvalue weighted by Crippen LogP contribution is -2.67. The lowest BCUT2D eigenvalue weighted by Gasteiger charge is -2.48. The Morgan fingerprint density at radius 3 is 1.67 bits per heavy atom. The van der Waals surface area contributed by atoms with Crippen molar-refractivity contribution in [3.63, 3.8) is 0 Å². The van der Waals surface area contributed by atoms with Crippen LogP contribution in [0.1, 0.15) is 47.1 Å². The Hall–Kier alpha value is -4.20. The molecule has 18 nitrogen and oxygen atoms in total. The first kappa shape index (κ1) is 41.2. The van der Waals surface area contributed by atoms with Crippen LogP contribution in [0.3, 0.4) is 0 Å². The van der Waals surface area contributed by atoms with E-state index in [4.69, 9.17) is 52.1 Å². The average molecular weight is 729 g/mol. The second kappa shape index (κ2) is 20.0. The predicted molar refractivity (Wildman–Crippen MR) is 166 cm³/mol. The van der Waals surface area contributed by atoms with Crippen LogP contribution >= 0.6 is 0 Å². The predicted octanol–water partition coefficient (Wildman–Crippen LogP) is 0.269. The fourth-order valence-corrected chi connectivity index (χ4v) is 5.27. The molecule has 2 heterocycles. The number of carbonyl (C=O) groups is 6. The van der Waals surface area contributed by atoms with Gasteiger partial charge in [-0.15, -0.1) is 0 Å². The van der Waals surface area contributed by atoms with Crippen LogP contribution < -0.4 is 0 Å². The van der Waals surface area contributed by atoms with Crippen molar-refractivity contribution in [2.45, 2.75) is 110 Å². The zero-order valence-electron chi connectivity index (χ0n) is 29.1. The molecule has 0 bridgehead atoms. The van der Waals surface area contributed by atoms with Crippen LogP contribution in [-0.2, 0) is 87.5 Å². The third-order valence-electron chi connectivity index (χ3n) is 7.23. The zero-order valence-corrected chi connectivity index (χ0v) is 29.1. The van der Waals surface area contributed by atoms with Gasteiger partial charge < -0.3 is 57.2 Å². The normalized spacial score (nSPS) is 28.8. The number of rotatable bonds is 16. The van der Waals surface area contributed by atoms with E-state index in [0.717, 1.165) is 47.1 Å². The largest absolute Gasteiger partial charge is 0.463 e. The monoisotopic (exact) mass is 728 g/mol. The molecule has 0 aliphatic carbocycles. The summed E-state index contributed by atoms with van der Waals surface area (Å²) >= 11 is 0. The molecule has 284 valence electrons. The lowest BCUT2D eigenvalue weighted by atomic mass is 9.96. The number of aliphatic hydroxyl groups excluding tert-OH is 1. The van der Waals surface area contributed by atoms with Crippen molar-refractivity contribution in [2.75, 3.05) is 26.4 Å². The first-order valence-corrected chi connectivity index (χ1v) is 16.0. The number of hydrogen-bond donors (Lipinski definition) is 1. The van der Waals surface area contributed by atoms with E-state index in [0.29, 0.717) is 0 Å². The van der Waals surface area contributed by atoms with Gasteiger partial charge in [-0.2, -0.15) is 0 Å². The Morgan fingerprint density at radius 2 is 1.10 bits per heavy atom. The molecule has 2 fully saturated rings. The van der Waals surface area contributed by atoms with E-state index < -0.39 is 110 Å². The molecule has 0 aromatic heterocycles. The fourth-order valence-electron chi connectivity index (χ4n) is 5.27. The lowest BCUT2D eigenvalue weighted by molar-refractivity contribution is -0.368. The van der Waals surface area contributed by atoms with E-state index in [1.165, 1.54) is 0 Å². The fraction of sp³-hybridized carbons (Fsp3) is 0.636. The molecule has 0 unspecified atom stereocenters. The van der Waals surface area contributed by atoms with Gasteiger partial charge >= 0.3 is 35.8 Å². The van der Waals surface area contributed by atoms with Crippen LogP contribution in [0.25, 0.3) is 0 Å². The van der Waals surface area contributed by atoms with Gasteiger partial charge in [-0.25, -0.2) is 0 Å². The van der Waals surface area contributed by atoms with Gasteiger partial charge in [-0.1, -0.05) is 30.3 Å². The second-order valence-electron chi connectivity index (χ2n) is 11.5. The van der Waals surface area contributed by atoms with Crippen molar-refractivity contribution >= 4 is 35.8 Å². The number of aliphatic hydroxyl groups is 1. The summed E-state index contributed by atoms with van der Waals surface area (Å²) < 4.78 is 61.8. The van der Waals surface area contributed by atoms with Crippen LogP contribution in [0.2, 0.25) is 0 Å². The number of esters is 6. The molecule has 2 aliphatic heterocycles. The Balaban J connectivity index is 1.99. The van der Waals surface area contributed by atoms with Crippen LogP contribution in [-0.4, -0.2) is 129 Å². The molecule has 10 atom stereocenters. The third-order valence-corrected chi connectivity index (χ3v) is 7.23. The summed E-state index contributed by atoms with van der Waals surface area (Å²) in [5, 5.41) is 11.3. The van der Waals surface area contributed by atoms with E-state index in [1.807, 2.05) is 30.3 Å². The molecule has 0 saturated carbocycles. The van der Waals surface area contributed by atoms with Gasteiger partial charge in [-0.3, -0.25) is 28.8 Å². The summed E-state index contributed by atoms with van der Waals surface area (Å²) in [6.45, 7) is 5.65. The van der Waals surface area contributed by atoms with Gasteiger partial charge in [0.05, 0.1) is 19.8 Å². The van der Waals surface area contributed by atoms with Crippen molar-refractivity contribution < 1.29 is 86.0 Å². The number of benzene rings is 1. The average Bonchev–Trinajstić information content (AvgIpc) is 3.04. The Morgan fingerprint density at radius 1 is 0.588 bits per heavy atom. The molecule has 3 rings (SSSR count). The molecule has 1 N–H and O–H groups in total. The van der Waals surface area contributed by atoms with Crippen LogP contribution in [0.4, 0.5) is 0 Å². The molecule has 2 saturated heterocycles. The van der Waals surface area contributed by atoms with E-state index in [-0.39, 0.29) is 19.8 Å². The van der Waals surface area contributed by atoms with E-state index in [9.17, 15) is 33.9 Å². The SMILES string of the molecule is CC(=O)OC[C@@H]1O[C@H](OCCOCc2ccccc2)[C@@H](O[C@H]2O[C@H](COC(C)=O)[C@@H](OC(C)=O)[C@H](OC(C)=O)[C@@H]2OC(C)=O)[C@@H](OC(C)=O)[C@@H]1O. The van der Waals surface area contributed by atoms with E-state index in [1.54, 1.807) is 0 Å². The third kappa shape index (κ3) is 13.1. The number of hydrogen-bond acceptors (Lipinski definition) is 18. The van der Waals surface area contributed by atoms with Crippen molar-refractivity contribution in [3.05, 3.63) is 35.9 Å². The molecular weight excluding hydrogens is 684 g/mol. The van der Waals surface area contributed by atoms with Gasteiger partial charge in [0.25, 0.3) is 0 Å². The summed E-state index contributed by atoms with van der Waals surface area (Å²) in [5.74, 6) is -4.87. The standard InChI is InChI=1S/C33H44O18/c1-17(34)43-15-24-26(40)28(46-20(4)37)30(32(49-24)42-13-12-41-14-23-10-8-7-9-11-23)51-33-31(48-22(6)39)29(47-21(5)38)27(45-19(3)36)25(50-33)16-44-18(2)35/h7-11,24-33,40H,12-16H2,1-6H3/t24-,25+,26+,27+,28-,29-,30-,31-,32-,33+/m0/s1. The number of carbonyl (C=O) groups excluding carboxylic acids is 6. The first-order chi connectivity index (χ1) is 24.2. The van der Waals surface area contributed by atoms with Gasteiger partial charge in [0, 0.05) is 41.5 Å². The van der Waals surface area contributed by atoms with Crippen molar-refractivity contribution in [3.8, 4) is 0 Å². The molecule has 51 heavy (non-hydrogen) atoms. The molecular formula is C33H44O18. The topological polar surface area (TPSA) is 224 Å². The van der Waals surface area contributed by atoms with Gasteiger partial charge in [0.2, 0.25) is 0 Å². The van der Waals surface area contributed by atoms with Crippen molar-refractivity contribution in [1.82, 2.24) is 0 Å².